The van der Waals surface area contributed by atoms with E-state index in [9.17, 15) is 5.11 Å². The molecular formula is C15H14BrNO3. The minimum Gasteiger partial charge on any atom is -0.508 e. The molecule has 0 aliphatic carbocycles. The number of rotatable bonds is 5. The van der Waals surface area contributed by atoms with E-state index in [0.717, 1.165) is 16.7 Å². The number of benzene rings is 1. The summed E-state index contributed by atoms with van der Waals surface area (Å²) in [6.45, 7) is 4.17. The van der Waals surface area contributed by atoms with Crippen molar-refractivity contribution in [1.29, 1.82) is 0 Å². The fraction of sp³-hybridized carbons (Fsp3) is 0.133. The summed E-state index contributed by atoms with van der Waals surface area (Å²) in [5, 5.41) is 18.0. The first-order valence-electron chi connectivity index (χ1n) is 5.99. The van der Waals surface area contributed by atoms with Gasteiger partial charge in [0.1, 0.15) is 12.4 Å². The molecule has 1 heterocycles. The second-order valence-corrected chi connectivity index (χ2v) is 4.96. The Kier molecular flexibility index (Phi) is 4.76. The lowest BCUT2D eigenvalue weighted by Crippen LogP contribution is -2.04. The number of aromatic hydroxyl groups is 1. The number of aliphatic hydroxyl groups excluding tert-OH is 1. The van der Waals surface area contributed by atoms with Gasteiger partial charge in [0.15, 0.2) is 0 Å². The van der Waals surface area contributed by atoms with Crippen LogP contribution in [0.2, 0.25) is 0 Å². The molecular weight excluding hydrogens is 322 g/mol. The largest absolute Gasteiger partial charge is 0.508 e. The molecule has 104 valence electrons. The summed E-state index contributed by atoms with van der Waals surface area (Å²) < 4.78 is 5.97. The van der Waals surface area contributed by atoms with Crippen LogP contribution in [-0.2, 0) is 0 Å². The second kappa shape index (κ2) is 6.54. The fourth-order valence-electron chi connectivity index (χ4n) is 1.67. The first-order chi connectivity index (χ1) is 9.61. The number of pyridine rings is 1. The van der Waals surface area contributed by atoms with Crippen molar-refractivity contribution in [2.75, 3.05) is 13.2 Å². The van der Waals surface area contributed by atoms with Crippen molar-refractivity contribution < 1.29 is 14.9 Å². The van der Waals surface area contributed by atoms with Gasteiger partial charge in [-0.1, -0.05) is 18.7 Å². The van der Waals surface area contributed by atoms with Crippen LogP contribution in [0, 0.1) is 0 Å². The Bertz CT molecular complexity index is 611. The van der Waals surface area contributed by atoms with Crippen molar-refractivity contribution in [3.63, 3.8) is 0 Å². The smallest absolute Gasteiger partial charge is 0.228 e. The normalized spacial score (nSPS) is 10.3. The zero-order valence-corrected chi connectivity index (χ0v) is 12.3. The molecule has 0 amide bonds. The van der Waals surface area contributed by atoms with Gasteiger partial charge >= 0.3 is 0 Å². The molecule has 5 heteroatoms. The Morgan fingerprint density at radius 2 is 1.95 bits per heavy atom. The van der Waals surface area contributed by atoms with Crippen LogP contribution in [0.5, 0.6) is 11.6 Å². The van der Waals surface area contributed by atoms with E-state index in [0.29, 0.717) is 10.4 Å². The predicted molar refractivity (Wildman–Crippen MR) is 80.8 cm³/mol. The van der Waals surface area contributed by atoms with Crippen molar-refractivity contribution in [3.8, 4) is 11.6 Å². The highest BCUT2D eigenvalue weighted by Gasteiger charge is 2.08. The van der Waals surface area contributed by atoms with Gasteiger partial charge in [0.25, 0.3) is 0 Å². The topological polar surface area (TPSA) is 62.6 Å². The quantitative estimate of drug-likeness (QED) is 0.881. The van der Waals surface area contributed by atoms with E-state index >= 15 is 0 Å². The second-order valence-electron chi connectivity index (χ2n) is 4.11. The number of ether oxygens (including phenoxy) is 1. The average Bonchev–Trinajstić information content (AvgIpc) is 2.46. The van der Waals surface area contributed by atoms with Crippen LogP contribution in [0.1, 0.15) is 11.1 Å². The van der Waals surface area contributed by atoms with Crippen LogP contribution >= 0.6 is 15.9 Å². The molecule has 0 saturated carbocycles. The third kappa shape index (κ3) is 3.37. The van der Waals surface area contributed by atoms with E-state index in [1.165, 1.54) is 0 Å². The summed E-state index contributed by atoms with van der Waals surface area (Å²) in [5.41, 5.74) is 2.55. The van der Waals surface area contributed by atoms with Crippen molar-refractivity contribution in [2.45, 2.75) is 0 Å². The summed E-state index contributed by atoms with van der Waals surface area (Å²) in [6, 6.07) is 8.67. The standard InChI is InChI=1S/C15H14BrNO3/c1-10(11-2-4-13(19)5-3-11)12-8-14(16)15(17-9-12)20-7-6-18/h2-5,8-9,18-19H,1,6-7H2. The van der Waals surface area contributed by atoms with Gasteiger partial charge in [0.05, 0.1) is 11.1 Å². The van der Waals surface area contributed by atoms with Crippen LogP contribution in [-0.4, -0.2) is 28.4 Å². The molecule has 0 saturated heterocycles. The van der Waals surface area contributed by atoms with Crippen LogP contribution in [0.3, 0.4) is 0 Å². The summed E-state index contributed by atoms with van der Waals surface area (Å²) >= 11 is 3.38. The van der Waals surface area contributed by atoms with E-state index in [1.807, 2.05) is 6.07 Å². The first kappa shape index (κ1) is 14.6. The summed E-state index contributed by atoms with van der Waals surface area (Å²) in [7, 11) is 0. The lowest BCUT2D eigenvalue weighted by atomic mass is 10.0. The van der Waals surface area contributed by atoms with Crippen molar-refractivity contribution in [2.24, 2.45) is 0 Å². The average molecular weight is 336 g/mol. The Balaban J connectivity index is 2.22. The van der Waals surface area contributed by atoms with E-state index in [-0.39, 0.29) is 19.0 Å². The monoisotopic (exact) mass is 335 g/mol. The highest BCUT2D eigenvalue weighted by Crippen LogP contribution is 2.29. The molecule has 0 aliphatic heterocycles. The van der Waals surface area contributed by atoms with Crippen molar-refractivity contribution in [3.05, 3.63) is 58.7 Å². The lowest BCUT2D eigenvalue weighted by molar-refractivity contribution is 0.196. The zero-order chi connectivity index (χ0) is 14.5. The predicted octanol–water partition coefficient (Wildman–Crippen LogP) is 2.98. The molecule has 4 nitrogen and oxygen atoms in total. The van der Waals surface area contributed by atoms with Crippen LogP contribution in [0.25, 0.3) is 5.57 Å². The first-order valence-corrected chi connectivity index (χ1v) is 6.79. The number of phenolic OH excluding ortho intramolecular Hbond substituents is 1. The highest BCUT2D eigenvalue weighted by atomic mass is 79.9. The highest BCUT2D eigenvalue weighted by molar-refractivity contribution is 9.10. The Labute approximate surface area is 125 Å². The van der Waals surface area contributed by atoms with Gasteiger partial charge in [-0.05, 0) is 45.3 Å². The van der Waals surface area contributed by atoms with Crippen LogP contribution in [0.15, 0.2) is 47.6 Å². The molecule has 1 aromatic heterocycles. The van der Waals surface area contributed by atoms with Crippen LogP contribution < -0.4 is 4.74 Å². The van der Waals surface area contributed by atoms with Gasteiger partial charge in [0, 0.05) is 11.8 Å². The van der Waals surface area contributed by atoms with E-state index in [4.69, 9.17) is 9.84 Å². The van der Waals surface area contributed by atoms with Gasteiger partial charge in [-0.2, -0.15) is 0 Å². The zero-order valence-electron chi connectivity index (χ0n) is 10.7. The number of halogens is 1. The Hall–Kier alpha value is -1.85. The number of hydrogen-bond acceptors (Lipinski definition) is 4. The fourth-order valence-corrected chi connectivity index (χ4v) is 2.13. The molecule has 1 aromatic carbocycles. The molecule has 0 bridgehead atoms. The SMILES string of the molecule is C=C(c1ccc(O)cc1)c1cnc(OCCO)c(Br)c1. The number of aromatic nitrogens is 1. The van der Waals surface area contributed by atoms with Crippen molar-refractivity contribution in [1.82, 2.24) is 4.98 Å². The van der Waals surface area contributed by atoms with E-state index < -0.39 is 0 Å². The number of aliphatic hydroxyl groups is 1. The summed E-state index contributed by atoms with van der Waals surface area (Å²) in [4.78, 5) is 4.19. The van der Waals surface area contributed by atoms with Crippen molar-refractivity contribution >= 4 is 21.5 Å². The van der Waals surface area contributed by atoms with Crippen LogP contribution in [0.4, 0.5) is 0 Å². The molecule has 2 rings (SSSR count). The van der Waals surface area contributed by atoms with E-state index in [1.54, 1.807) is 30.5 Å². The van der Waals surface area contributed by atoms with E-state index in [2.05, 4.69) is 27.5 Å². The van der Waals surface area contributed by atoms with Gasteiger partial charge in [-0.25, -0.2) is 4.98 Å². The molecule has 2 N–H and O–H groups in total. The molecule has 0 aliphatic rings. The lowest BCUT2D eigenvalue weighted by Gasteiger charge is -2.10. The molecule has 0 unspecified atom stereocenters. The maximum atomic E-state index is 9.29. The number of phenols is 1. The summed E-state index contributed by atoms with van der Waals surface area (Å²) in [6.07, 6.45) is 1.66. The third-order valence-corrected chi connectivity index (χ3v) is 3.27. The molecule has 0 fully saturated rings. The minimum atomic E-state index is -0.0594. The molecule has 0 atom stereocenters. The third-order valence-electron chi connectivity index (χ3n) is 2.70. The van der Waals surface area contributed by atoms with Gasteiger partial charge in [-0.3, -0.25) is 0 Å². The minimum absolute atomic E-state index is 0.0594. The van der Waals surface area contributed by atoms with Gasteiger partial charge in [0.2, 0.25) is 5.88 Å². The maximum absolute atomic E-state index is 9.29. The van der Waals surface area contributed by atoms with Gasteiger partial charge in [-0.15, -0.1) is 0 Å². The molecule has 2 aromatic rings. The number of hydrogen-bond donors (Lipinski definition) is 2. The molecule has 0 radical (unpaired) electrons. The molecule has 0 spiro atoms. The maximum Gasteiger partial charge on any atom is 0.228 e. The number of nitrogens with zero attached hydrogens (tertiary/aromatic N) is 1. The Morgan fingerprint density at radius 1 is 1.25 bits per heavy atom. The summed E-state index contributed by atoms with van der Waals surface area (Å²) in [5.74, 6) is 0.648. The van der Waals surface area contributed by atoms with Gasteiger partial charge < -0.3 is 14.9 Å². The molecule has 20 heavy (non-hydrogen) atoms. The Morgan fingerprint density at radius 3 is 2.55 bits per heavy atom.